The van der Waals surface area contributed by atoms with E-state index in [4.69, 9.17) is 14.2 Å². The summed E-state index contributed by atoms with van der Waals surface area (Å²) in [6.07, 6.45) is 0.644. The molecule has 0 aliphatic carbocycles. The molecule has 0 unspecified atom stereocenters. The van der Waals surface area contributed by atoms with Crippen molar-refractivity contribution < 1.29 is 19.0 Å². The number of amides is 1. The summed E-state index contributed by atoms with van der Waals surface area (Å²) in [6, 6.07) is 9.07. The predicted molar refractivity (Wildman–Crippen MR) is 67.1 cm³/mol. The first kappa shape index (κ1) is 12.6. The number of fused-ring (bicyclic) bond motifs is 3. The second-order valence-electron chi connectivity index (χ2n) is 5.41. The van der Waals surface area contributed by atoms with Crippen LogP contribution in [0.5, 0.6) is 0 Å². The second kappa shape index (κ2) is 4.59. The fraction of sp³-hybridized carbons (Fsp3) is 0.500. The molecule has 5 nitrogen and oxygen atoms in total. The third kappa shape index (κ3) is 2.14. The summed E-state index contributed by atoms with van der Waals surface area (Å²) >= 11 is 0. The minimum absolute atomic E-state index is 0.0931. The van der Waals surface area contributed by atoms with Gasteiger partial charge >= 0.3 is 5.97 Å². The quantitative estimate of drug-likeness (QED) is 0.830. The van der Waals surface area contributed by atoms with Crippen LogP contribution in [0, 0.1) is 5.41 Å². The lowest BCUT2D eigenvalue weighted by molar-refractivity contribution is -0.475. The van der Waals surface area contributed by atoms with Gasteiger partial charge in [0.1, 0.15) is 6.04 Å². The van der Waals surface area contributed by atoms with Crippen LogP contribution in [0.25, 0.3) is 0 Å². The smallest absolute Gasteiger partial charge is 0.309 e. The van der Waals surface area contributed by atoms with Gasteiger partial charge in [0.15, 0.2) is 0 Å². The Kier molecular flexibility index (Phi) is 3.05. The molecule has 1 amide bonds. The molecule has 3 aliphatic heterocycles. The number of carbonyl (C=O) groups excluding carboxylic acids is 1. The maximum absolute atomic E-state index is 10.9. The van der Waals surface area contributed by atoms with Gasteiger partial charge in [-0.1, -0.05) is 37.3 Å². The van der Waals surface area contributed by atoms with Crippen molar-refractivity contribution in [2.24, 2.45) is 5.41 Å². The number of benzene rings is 1. The molecule has 3 heterocycles. The van der Waals surface area contributed by atoms with E-state index < -0.39 is 12.0 Å². The molecule has 3 saturated heterocycles. The molecule has 0 saturated carbocycles. The number of hydrogen-bond acceptors (Lipinski definition) is 4. The van der Waals surface area contributed by atoms with Gasteiger partial charge in [-0.3, -0.25) is 4.79 Å². The summed E-state index contributed by atoms with van der Waals surface area (Å²) in [5.41, 5.74) is 0.796. The maximum Gasteiger partial charge on any atom is 0.309 e. The van der Waals surface area contributed by atoms with Gasteiger partial charge in [0.25, 0.3) is 0 Å². The third-order valence-corrected chi connectivity index (χ3v) is 3.59. The Labute approximate surface area is 111 Å². The van der Waals surface area contributed by atoms with Crippen LogP contribution < -0.4 is 5.32 Å². The maximum atomic E-state index is 10.9. The largest absolute Gasteiger partial charge is 0.344 e. The predicted octanol–water partition coefficient (Wildman–Crippen LogP) is 1.21. The molecule has 3 aliphatic rings. The van der Waals surface area contributed by atoms with Crippen molar-refractivity contribution in [3.8, 4) is 0 Å². The zero-order chi connectivity index (χ0) is 13.3. The van der Waals surface area contributed by atoms with Gasteiger partial charge in [-0.25, -0.2) is 0 Å². The highest BCUT2D eigenvalue weighted by Crippen LogP contribution is 2.44. The Morgan fingerprint density at radius 1 is 1.16 bits per heavy atom. The summed E-state index contributed by atoms with van der Waals surface area (Å²) in [6.45, 7) is 3.76. The van der Waals surface area contributed by atoms with Crippen LogP contribution in [0.4, 0.5) is 0 Å². The highest BCUT2D eigenvalue weighted by Gasteiger charge is 2.55. The minimum Gasteiger partial charge on any atom is -0.344 e. The molecule has 0 radical (unpaired) electrons. The summed E-state index contributed by atoms with van der Waals surface area (Å²) in [5.74, 6) is -1.21. The van der Waals surface area contributed by atoms with Crippen molar-refractivity contribution >= 4 is 6.41 Å². The summed E-state index contributed by atoms with van der Waals surface area (Å²) in [4.78, 5) is 10.9. The van der Waals surface area contributed by atoms with Gasteiger partial charge in [-0.05, 0) is 5.56 Å². The Bertz CT molecular complexity index is 437. The van der Waals surface area contributed by atoms with Crippen molar-refractivity contribution in [3.05, 3.63) is 35.9 Å². The molecule has 1 atom stereocenters. The molecule has 1 N–H and O–H groups in total. The van der Waals surface area contributed by atoms with E-state index in [1.54, 1.807) is 0 Å². The van der Waals surface area contributed by atoms with Gasteiger partial charge in [0, 0.05) is 5.41 Å². The van der Waals surface area contributed by atoms with Crippen LogP contribution in [0.3, 0.4) is 0 Å². The van der Waals surface area contributed by atoms with Crippen molar-refractivity contribution in [2.45, 2.75) is 18.9 Å². The fourth-order valence-electron chi connectivity index (χ4n) is 2.44. The molecule has 5 heteroatoms. The van der Waals surface area contributed by atoms with Gasteiger partial charge in [-0.2, -0.15) is 0 Å². The molecule has 0 spiro atoms. The van der Waals surface area contributed by atoms with E-state index in [2.05, 4.69) is 12.2 Å². The number of ether oxygens (including phenoxy) is 3. The van der Waals surface area contributed by atoms with Gasteiger partial charge < -0.3 is 19.5 Å². The van der Waals surface area contributed by atoms with Crippen LogP contribution in [-0.2, 0) is 19.0 Å². The van der Waals surface area contributed by atoms with Crippen molar-refractivity contribution in [3.63, 3.8) is 0 Å². The average Bonchev–Trinajstić information content (AvgIpc) is 2.47. The van der Waals surface area contributed by atoms with Crippen LogP contribution >= 0.6 is 0 Å². The highest BCUT2D eigenvalue weighted by atomic mass is 16.9. The monoisotopic (exact) mass is 263 g/mol. The molecule has 1 aromatic carbocycles. The molecule has 4 rings (SSSR count). The molecular weight excluding hydrogens is 246 g/mol. The van der Waals surface area contributed by atoms with Crippen molar-refractivity contribution in [1.29, 1.82) is 0 Å². The first-order chi connectivity index (χ1) is 9.18. The summed E-state index contributed by atoms with van der Waals surface area (Å²) < 4.78 is 17.3. The van der Waals surface area contributed by atoms with Crippen molar-refractivity contribution in [1.82, 2.24) is 5.32 Å². The van der Waals surface area contributed by atoms with Gasteiger partial charge in [-0.15, -0.1) is 0 Å². The number of nitrogens with one attached hydrogen (secondary N) is 1. The summed E-state index contributed by atoms with van der Waals surface area (Å²) in [7, 11) is 0. The minimum atomic E-state index is -1.21. The number of carbonyl (C=O) groups is 1. The molecule has 0 aromatic heterocycles. The molecule has 19 heavy (non-hydrogen) atoms. The van der Waals surface area contributed by atoms with Crippen LogP contribution in [0.2, 0.25) is 0 Å². The lowest BCUT2D eigenvalue weighted by Gasteiger charge is -2.52. The lowest BCUT2D eigenvalue weighted by Crippen LogP contribution is -2.63. The van der Waals surface area contributed by atoms with Crippen molar-refractivity contribution in [2.75, 3.05) is 19.8 Å². The van der Waals surface area contributed by atoms with E-state index in [0.29, 0.717) is 26.2 Å². The van der Waals surface area contributed by atoms with Crippen LogP contribution in [0.1, 0.15) is 18.5 Å². The highest BCUT2D eigenvalue weighted by molar-refractivity contribution is 5.48. The molecular formula is C14H17NO4. The molecule has 102 valence electrons. The zero-order valence-electron chi connectivity index (χ0n) is 10.8. The Morgan fingerprint density at radius 2 is 1.74 bits per heavy atom. The van der Waals surface area contributed by atoms with E-state index in [9.17, 15) is 4.79 Å². The normalized spacial score (nSPS) is 34.8. The third-order valence-electron chi connectivity index (χ3n) is 3.59. The first-order valence-corrected chi connectivity index (χ1v) is 6.34. The van der Waals surface area contributed by atoms with E-state index in [0.717, 1.165) is 5.56 Å². The first-order valence-electron chi connectivity index (χ1n) is 6.34. The topological polar surface area (TPSA) is 56.8 Å². The molecule has 1 aromatic rings. The average molecular weight is 263 g/mol. The Balaban J connectivity index is 1.90. The van der Waals surface area contributed by atoms with Gasteiger partial charge in [0.2, 0.25) is 6.41 Å². The van der Waals surface area contributed by atoms with E-state index >= 15 is 0 Å². The standard InChI is InChI=1S/C14H17NO4/c1-13-7-17-14(18-8-13,19-9-13)12(15-10-16)11-5-3-2-4-6-11/h2-6,10,12H,7-9H2,1H3,(H,15,16)/t12-,13?,14?/m1/s1. The van der Waals surface area contributed by atoms with Crippen LogP contribution in [0.15, 0.2) is 30.3 Å². The van der Waals surface area contributed by atoms with E-state index in [1.807, 2.05) is 30.3 Å². The molecule has 2 bridgehead atoms. The SMILES string of the molecule is CC12COC([C@H](NC=O)c3ccccc3)(OC1)OC2. The van der Waals surface area contributed by atoms with E-state index in [-0.39, 0.29) is 5.41 Å². The lowest BCUT2D eigenvalue weighted by atomic mass is 9.90. The van der Waals surface area contributed by atoms with Gasteiger partial charge in [0.05, 0.1) is 19.8 Å². The number of hydrogen-bond donors (Lipinski definition) is 1. The zero-order valence-corrected chi connectivity index (χ0v) is 10.8. The van der Waals surface area contributed by atoms with E-state index in [1.165, 1.54) is 0 Å². The number of rotatable bonds is 4. The molecule has 3 fully saturated rings. The fourth-order valence-corrected chi connectivity index (χ4v) is 2.44. The Hall–Kier alpha value is -1.43. The summed E-state index contributed by atoms with van der Waals surface area (Å²) in [5, 5.41) is 2.74. The van der Waals surface area contributed by atoms with Crippen LogP contribution in [-0.4, -0.2) is 32.2 Å². The second-order valence-corrected chi connectivity index (χ2v) is 5.41. The Morgan fingerprint density at radius 3 is 2.26 bits per heavy atom.